The highest BCUT2D eigenvalue weighted by Crippen LogP contribution is 2.35. The fourth-order valence-corrected chi connectivity index (χ4v) is 2.81. The van der Waals surface area contributed by atoms with E-state index in [9.17, 15) is 0 Å². The molecule has 15 heavy (non-hydrogen) atoms. The zero-order valence-electron chi connectivity index (χ0n) is 9.02. The van der Waals surface area contributed by atoms with Crippen molar-refractivity contribution in [1.29, 1.82) is 0 Å². The predicted molar refractivity (Wildman–Crippen MR) is 61.3 cm³/mol. The van der Waals surface area contributed by atoms with Gasteiger partial charge in [0.05, 0.1) is 0 Å². The molecule has 0 saturated heterocycles. The van der Waals surface area contributed by atoms with Gasteiger partial charge >= 0.3 is 0 Å². The summed E-state index contributed by atoms with van der Waals surface area (Å²) >= 11 is 0. The van der Waals surface area contributed by atoms with Crippen molar-refractivity contribution in [3.63, 3.8) is 0 Å². The maximum absolute atomic E-state index is 5.66. The van der Waals surface area contributed by atoms with Gasteiger partial charge in [-0.3, -0.25) is 4.90 Å². The Hall–Kier alpha value is -0.860. The van der Waals surface area contributed by atoms with Crippen molar-refractivity contribution in [1.82, 2.24) is 4.90 Å². The van der Waals surface area contributed by atoms with Crippen LogP contribution in [0.2, 0.25) is 0 Å². The average molecular weight is 202 g/mol. The molecule has 80 valence electrons. The molecule has 1 fully saturated rings. The van der Waals surface area contributed by atoms with Gasteiger partial charge in [0, 0.05) is 19.1 Å². The van der Waals surface area contributed by atoms with E-state index >= 15 is 0 Å². The van der Waals surface area contributed by atoms with Gasteiger partial charge in [0.15, 0.2) is 0 Å². The van der Waals surface area contributed by atoms with Crippen molar-refractivity contribution >= 4 is 0 Å². The Morgan fingerprint density at radius 2 is 1.73 bits per heavy atom. The second-order valence-corrected chi connectivity index (χ2v) is 4.90. The van der Waals surface area contributed by atoms with E-state index < -0.39 is 0 Å². The van der Waals surface area contributed by atoms with E-state index in [1.54, 1.807) is 0 Å². The summed E-state index contributed by atoms with van der Waals surface area (Å²) in [6, 6.07) is 9.60. The van der Waals surface area contributed by atoms with Crippen LogP contribution in [-0.4, -0.2) is 17.5 Å². The van der Waals surface area contributed by atoms with E-state index in [-0.39, 0.29) is 0 Å². The zero-order valence-corrected chi connectivity index (χ0v) is 9.02. The van der Waals surface area contributed by atoms with Crippen LogP contribution in [-0.2, 0) is 13.1 Å². The van der Waals surface area contributed by atoms with Gasteiger partial charge in [0.1, 0.15) is 0 Å². The summed E-state index contributed by atoms with van der Waals surface area (Å²) in [5.41, 5.74) is 8.70. The monoisotopic (exact) mass is 202 g/mol. The van der Waals surface area contributed by atoms with E-state index in [1.807, 2.05) is 0 Å². The van der Waals surface area contributed by atoms with Gasteiger partial charge in [-0.05, 0) is 36.4 Å². The number of hydrogen-bond acceptors (Lipinski definition) is 2. The third kappa shape index (κ3) is 1.58. The van der Waals surface area contributed by atoms with Crippen molar-refractivity contribution in [2.75, 3.05) is 6.54 Å². The van der Waals surface area contributed by atoms with E-state index in [4.69, 9.17) is 5.73 Å². The maximum Gasteiger partial charge on any atom is 0.0243 e. The van der Waals surface area contributed by atoms with Crippen molar-refractivity contribution in [2.24, 2.45) is 11.7 Å². The fraction of sp³-hybridized carbons (Fsp3) is 0.538. The summed E-state index contributed by atoms with van der Waals surface area (Å²) in [5, 5.41) is 0. The lowest BCUT2D eigenvalue weighted by molar-refractivity contribution is 0.0796. The topological polar surface area (TPSA) is 29.3 Å². The molecule has 0 spiro atoms. The summed E-state index contributed by atoms with van der Waals surface area (Å²) in [6.45, 7) is 3.17. The van der Waals surface area contributed by atoms with Gasteiger partial charge in [-0.25, -0.2) is 0 Å². The van der Waals surface area contributed by atoms with Crippen LogP contribution in [0.4, 0.5) is 0 Å². The fourth-order valence-electron chi connectivity index (χ4n) is 2.81. The number of nitrogens with zero attached hydrogens (tertiary/aromatic N) is 1. The molecule has 0 bridgehead atoms. The van der Waals surface area contributed by atoms with Crippen molar-refractivity contribution in [2.45, 2.75) is 32.0 Å². The van der Waals surface area contributed by atoms with Gasteiger partial charge < -0.3 is 5.73 Å². The van der Waals surface area contributed by atoms with Crippen molar-refractivity contribution in [3.05, 3.63) is 35.4 Å². The average Bonchev–Trinajstić information content (AvgIpc) is 2.59. The van der Waals surface area contributed by atoms with Crippen LogP contribution in [0.1, 0.15) is 24.0 Å². The highest BCUT2D eigenvalue weighted by Gasteiger charge is 2.34. The smallest absolute Gasteiger partial charge is 0.0243 e. The van der Waals surface area contributed by atoms with Gasteiger partial charge in [-0.2, -0.15) is 0 Å². The summed E-state index contributed by atoms with van der Waals surface area (Å²) in [5.74, 6) is 0.790. The van der Waals surface area contributed by atoms with Gasteiger partial charge in [-0.1, -0.05) is 24.3 Å². The van der Waals surface area contributed by atoms with Gasteiger partial charge in [-0.15, -0.1) is 0 Å². The van der Waals surface area contributed by atoms with Gasteiger partial charge in [0.25, 0.3) is 0 Å². The molecule has 3 rings (SSSR count). The molecular weight excluding hydrogens is 184 g/mol. The Morgan fingerprint density at radius 3 is 2.27 bits per heavy atom. The number of fused-ring (bicyclic) bond motifs is 1. The van der Waals surface area contributed by atoms with E-state index in [0.717, 1.165) is 31.6 Å². The second-order valence-electron chi connectivity index (χ2n) is 4.90. The Labute approximate surface area is 91.1 Å². The summed E-state index contributed by atoms with van der Waals surface area (Å²) in [4.78, 5) is 2.61. The second kappa shape index (κ2) is 3.62. The predicted octanol–water partition coefficient (Wildman–Crippen LogP) is 1.74. The molecule has 0 unspecified atom stereocenters. The maximum atomic E-state index is 5.66. The van der Waals surface area contributed by atoms with Crippen LogP contribution < -0.4 is 5.73 Å². The Balaban J connectivity index is 1.65. The van der Waals surface area contributed by atoms with Crippen LogP contribution in [0.3, 0.4) is 0 Å². The molecule has 2 N–H and O–H groups in total. The van der Waals surface area contributed by atoms with Crippen LogP contribution in [0.5, 0.6) is 0 Å². The molecule has 0 amide bonds. The molecule has 1 aromatic carbocycles. The van der Waals surface area contributed by atoms with Gasteiger partial charge in [0.2, 0.25) is 0 Å². The van der Waals surface area contributed by atoms with Crippen molar-refractivity contribution in [3.8, 4) is 0 Å². The molecule has 1 aliphatic carbocycles. The molecule has 2 nitrogen and oxygen atoms in total. The number of hydrogen-bond donors (Lipinski definition) is 1. The van der Waals surface area contributed by atoms with E-state index in [1.165, 1.54) is 24.0 Å². The van der Waals surface area contributed by atoms with E-state index in [0.29, 0.717) is 0 Å². The molecule has 2 heteroatoms. The molecule has 1 aromatic rings. The summed E-state index contributed by atoms with van der Waals surface area (Å²) < 4.78 is 0. The highest BCUT2D eigenvalue weighted by molar-refractivity contribution is 5.30. The molecule has 2 aliphatic rings. The zero-order chi connectivity index (χ0) is 10.3. The number of rotatable bonds is 2. The quantitative estimate of drug-likeness (QED) is 0.791. The molecule has 1 heterocycles. The third-order valence-electron chi connectivity index (χ3n) is 3.93. The largest absolute Gasteiger partial charge is 0.330 e. The molecule has 1 aliphatic heterocycles. The first kappa shape index (κ1) is 9.37. The van der Waals surface area contributed by atoms with Crippen LogP contribution >= 0.6 is 0 Å². The lowest BCUT2D eigenvalue weighted by Gasteiger charge is -2.40. The standard InChI is InChI=1S/C13H18N2/c14-7-10-5-13(6-10)15-8-11-3-1-2-4-12(11)9-15/h1-4,10,13H,5-9,14H2. The van der Waals surface area contributed by atoms with Crippen LogP contribution in [0.15, 0.2) is 24.3 Å². The number of benzene rings is 1. The third-order valence-corrected chi connectivity index (χ3v) is 3.93. The SMILES string of the molecule is NCC1CC(N2Cc3ccccc3C2)C1. The lowest BCUT2D eigenvalue weighted by Crippen LogP contribution is -2.44. The van der Waals surface area contributed by atoms with Crippen molar-refractivity contribution < 1.29 is 0 Å². The van der Waals surface area contributed by atoms with E-state index in [2.05, 4.69) is 29.2 Å². The Morgan fingerprint density at radius 1 is 1.13 bits per heavy atom. The summed E-state index contributed by atoms with van der Waals surface area (Å²) in [7, 11) is 0. The molecule has 1 saturated carbocycles. The lowest BCUT2D eigenvalue weighted by atomic mass is 9.79. The first-order valence-electron chi connectivity index (χ1n) is 5.87. The summed E-state index contributed by atoms with van der Waals surface area (Å²) in [6.07, 6.45) is 2.62. The highest BCUT2D eigenvalue weighted by atomic mass is 15.2. The molecular formula is C13H18N2. The Kier molecular flexibility index (Phi) is 2.26. The Bertz CT molecular complexity index is 330. The molecule has 0 aromatic heterocycles. The minimum absolute atomic E-state index is 0.790. The normalized spacial score (nSPS) is 29.9. The molecule has 0 atom stereocenters. The molecule has 0 radical (unpaired) electrons. The first-order valence-corrected chi connectivity index (χ1v) is 5.87. The number of nitrogens with two attached hydrogens (primary N) is 1. The van der Waals surface area contributed by atoms with Crippen LogP contribution in [0, 0.1) is 5.92 Å². The first-order chi connectivity index (χ1) is 7.36. The minimum Gasteiger partial charge on any atom is -0.330 e. The van der Waals surface area contributed by atoms with Crippen LogP contribution in [0.25, 0.3) is 0 Å². The minimum atomic E-state index is 0.790.